The predicted molar refractivity (Wildman–Crippen MR) is 103 cm³/mol. The number of hydrogen-bond donors (Lipinski definition) is 2. The van der Waals surface area contributed by atoms with Crippen molar-refractivity contribution in [3.8, 4) is 5.75 Å². The van der Waals surface area contributed by atoms with Crippen molar-refractivity contribution >= 4 is 33.1 Å². The lowest BCUT2D eigenvalue weighted by Crippen LogP contribution is -2.18. The number of anilines is 1. The van der Waals surface area contributed by atoms with Crippen molar-refractivity contribution in [2.24, 2.45) is 0 Å². The zero-order chi connectivity index (χ0) is 21.3. The van der Waals surface area contributed by atoms with Crippen LogP contribution in [0.1, 0.15) is 21.1 Å². The van der Waals surface area contributed by atoms with Crippen LogP contribution in [-0.2, 0) is 6.54 Å². The number of alkyl halides is 3. The molecule has 2 heterocycles. The highest BCUT2D eigenvalue weighted by molar-refractivity contribution is 7.20. The Hall–Kier alpha value is -2.92. The Morgan fingerprint density at radius 1 is 1.28 bits per heavy atom. The Labute approximate surface area is 167 Å². The number of H-pyrrole nitrogens is 1. The van der Waals surface area contributed by atoms with E-state index >= 15 is 0 Å². The van der Waals surface area contributed by atoms with Crippen LogP contribution >= 0.6 is 11.3 Å². The molecule has 0 saturated heterocycles. The first-order chi connectivity index (χ1) is 13.5. The van der Waals surface area contributed by atoms with E-state index in [1.807, 2.05) is 19.0 Å². The number of rotatable bonds is 5. The number of nitrogens with one attached hydrogen (secondary N) is 2. The maximum Gasteiger partial charge on any atom is 0.573 e. The van der Waals surface area contributed by atoms with E-state index in [4.69, 9.17) is 0 Å². The average Bonchev–Trinajstić information content (AvgIpc) is 2.92. The van der Waals surface area contributed by atoms with Gasteiger partial charge in [-0.3, -0.25) is 9.59 Å². The molecule has 0 aliphatic heterocycles. The Kier molecular flexibility index (Phi) is 5.62. The zero-order valence-electron chi connectivity index (χ0n) is 15.7. The second kappa shape index (κ2) is 7.84. The number of halogens is 3. The highest BCUT2D eigenvalue weighted by Crippen LogP contribution is 2.29. The Morgan fingerprint density at radius 3 is 2.52 bits per heavy atom. The molecule has 11 heteroatoms. The van der Waals surface area contributed by atoms with Gasteiger partial charge in [-0.05, 0) is 50.8 Å². The van der Waals surface area contributed by atoms with Gasteiger partial charge in [-0.15, -0.1) is 24.5 Å². The number of amides is 1. The molecule has 2 N–H and O–H groups in total. The highest BCUT2D eigenvalue weighted by Gasteiger charge is 2.31. The molecule has 29 heavy (non-hydrogen) atoms. The van der Waals surface area contributed by atoms with Crippen LogP contribution in [0.5, 0.6) is 5.75 Å². The lowest BCUT2D eigenvalue weighted by Gasteiger charge is -2.09. The number of aryl methyl sites for hydroxylation is 1. The first-order valence-electron chi connectivity index (χ1n) is 8.37. The first-order valence-corrected chi connectivity index (χ1v) is 9.19. The summed E-state index contributed by atoms with van der Waals surface area (Å²) in [5.41, 5.74) is 0.453. The van der Waals surface area contributed by atoms with Gasteiger partial charge in [0.1, 0.15) is 16.4 Å². The standard InChI is InChI=1S/C18H17F3N4O3S/c1-9-13-15(26)23-12(8-25(2)3)24-17(13)29-14(9)16(27)22-10-4-6-11(7-5-10)28-18(19,20)21/h4-7H,8H2,1-3H3,(H,22,27)(H,23,24,26). The predicted octanol–water partition coefficient (Wildman–Crippen LogP) is 3.51. The van der Waals surface area contributed by atoms with Gasteiger partial charge in [0, 0.05) is 5.69 Å². The molecular weight excluding hydrogens is 409 g/mol. The number of thiophene rings is 1. The van der Waals surface area contributed by atoms with Crippen molar-refractivity contribution in [1.29, 1.82) is 0 Å². The molecule has 0 atom stereocenters. The maximum absolute atomic E-state index is 12.6. The van der Waals surface area contributed by atoms with Crippen molar-refractivity contribution in [3.05, 3.63) is 50.9 Å². The van der Waals surface area contributed by atoms with Crippen LogP contribution in [0.2, 0.25) is 0 Å². The smallest absolute Gasteiger partial charge is 0.406 e. The first kappa shape index (κ1) is 20.8. The molecule has 0 fully saturated rings. The quantitative estimate of drug-likeness (QED) is 0.652. The van der Waals surface area contributed by atoms with E-state index in [0.717, 1.165) is 23.5 Å². The Morgan fingerprint density at radius 2 is 1.93 bits per heavy atom. The van der Waals surface area contributed by atoms with Crippen molar-refractivity contribution in [2.75, 3.05) is 19.4 Å². The number of benzene rings is 1. The van der Waals surface area contributed by atoms with Crippen LogP contribution in [0, 0.1) is 6.92 Å². The second-order valence-corrected chi connectivity index (χ2v) is 7.51. The minimum atomic E-state index is -4.79. The summed E-state index contributed by atoms with van der Waals surface area (Å²) >= 11 is 1.08. The minimum absolute atomic E-state index is 0.288. The van der Waals surface area contributed by atoms with E-state index < -0.39 is 18.0 Å². The van der Waals surface area contributed by atoms with Gasteiger partial charge in [0.25, 0.3) is 11.5 Å². The summed E-state index contributed by atoms with van der Waals surface area (Å²) in [6.45, 7) is 2.09. The minimum Gasteiger partial charge on any atom is -0.406 e. The van der Waals surface area contributed by atoms with Crippen LogP contribution < -0.4 is 15.6 Å². The monoisotopic (exact) mass is 426 g/mol. The lowest BCUT2D eigenvalue weighted by atomic mass is 10.2. The summed E-state index contributed by atoms with van der Waals surface area (Å²) in [5.74, 6) is -0.387. The van der Waals surface area contributed by atoms with Gasteiger partial charge in [-0.25, -0.2) is 4.98 Å². The number of nitrogens with zero attached hydrogens (tertiary/aromatic N) is 2. The SMILES string of the molecule is Cc1c(C(=O)Nc2ccc(OC(F)(F)F)cc2)sc2nc(CN(C)C)[nH]c(=O)c12. The summed E-state index contributed by atoms with van der Waals surface area (Å²) in [6.07, 6.45) is -4.79. The maximum atomic E-state index is 12.6. The van der Waals surface area contributed by atoms with E-state index in [1.54, 1.807) is 6.92 Å². The molecule has 1 amide bonds. The van der Waals surface area contributed by atoms with E-state index in [2.05, 4.69) is 20.0 Å². The highest BCUT2D eigenvalue weighted by atomic mass is 32.1. The number of carbonyl (C=O) groups excluding carboxylic acids is 1. The molecule has 0 aliphatic carbocycles. The normalized spacial score (nSPS) is 11.8. The van der Waals surface area contributed by atoms with Crippen molar-refractivity contribution < 1.29 is 22.7 Å². The van der Waals surface area contributed by atoms with Crippen LogP contribution in [0.25, 0.3) is 10.2 Å². The summed E-state index contributed by atoms with van der Waals surface area (Å²) < 4.78 is 40.5. The molecule has 0 bridgehead atoms. The molecule has 7 nitrogen and oxygen atoms in total. The molecule has 1 aromatic carbocycles. The lowest BCUT2D eigenvalue weighted by molar-refractivity contribution is -0.274. The number of hydrogen-bond acceptors (Lipinski definition) is 6. The fourth-order valence-electron chi connectivity index (χ4n) is 2.71. The number of fused-ring (bicyclic) bond motifs is 1. The van der Waals surface area contributed by atoms with Gasteiger partial charge in [0.15, 0.2) is 0 Å². The second-order valence-electron chi connectivity index (χ2n) is 6.51. The fraction of sp³-hybridized carbons (Fsp3) is 0.278. The molecule has 3 rings (SSSR count). The number of aromatic nitrogens is 2. The van der Waals surface area contributed by atoms with Crippen LogP contribution in [-0.4, -0.2) is 41.2 Å². The Balaban J connectivity index is 1.84. The van der Waals surface area contributed by atoms with Crippen molar-refractivity contribution in [1.82, 2.24) is 14.9 Å². The molecule has 0 radical (unpaired) electrons. The summed E-state index contributed by atoms with van der Waals surface area (Å²) in [7, 11) is 3.68. The van der Waals surface area contributed by atoms with Gasteiger partial charge < -0.3 is 19.9 Å². The van der Waals surface area contributed by atoms with E-state index in [-0.39, 0.29) is 11.2 Å². The zero-order valence-corrected chi connectivity index (χ0v) is 16.5. The third-order valence-corrected chi connectivity index (χ3v) is 5.05. The third-order valence-electron chi connectivity index (χ3n) is 3.87. The van der Waals surface area contributed by atoms with Crippen molar-refractivity contribution in [2.45, 2.75) is 19.8 Å². The summed E-state index contributed by atoms with van der Waals surface area (Å²) in [4.78, 5) is 34.8. The molecular formula is C18H17F3N4O3S. The van der Waals surface area contributed by atoms with Gasteiger partial charge in [0.2, 0.25) is 0 Å². The summed E-state index contributed by atoms with van der Waals surface area (Å²) in [5, 5.41) is 2.95. The third kappa shape index (κ3) is 4.93. The molecule has 0 unspecified atom stereocenters. The van der Waals surface area contributed by atoms with Crippen molar-refractivity contribution in [3.63, 3.8) is 0 Å². The fourth-order valence-corrected chi connectivity index (χ4v) is 3.80. The van der Waals surface area contributed by atoms with Crippen LogP contribution in [0.3, 0.4) is 0 Å². The molecule has 2 aromatic heterocycles. The van der Waals surface area contributed by atoms with Crippen LogP contribution in [0.15, 0.2) is 29.1 Å². The number of ether oxygens (including phenoxy) is 1. The van der Waals surface area contributed by atoms with E-state index in [0.29, 0.717) is 33.0 Å². The molecule has 0 aliphatic rings. The molecule has 0 spiro atoms. The number of carbonyl (C=O) groups is 1. The molecule has 3 aromatic rings. The van der Waals surface area contributed by atoms with Gasteiger partial charge >= 0.3 is 6.36 Å². The van der Waals surface area contributed by atoms with E-state index in [9.17, 15) is 22.8 Å². The summed E-state index contributed by atoms with van der Waals surface area (Å²) in [6, 6.07) is 4.78. The molecule has 0 saturated carbocycles. The van der Waals surface area contributed by atoms with Gasteiger partial charge in [-0.1, -0.05) is 0 Å². The molecule has 154 valence electrons. The van der Waals surface area contributed by atoms with E-state index in [1.165, 1.54) is 12.1 Å². The Bertz CT molecular complexity index is 1100. The van der Waals surface area contributed by atoms with Crippen LogP contribution in [0.4, 0.5) is 18.9 Å². The number of aromatic amines is 1. The largest absolute Gasteiger partial charge is 0.573 e. The van der Waals surface area contributed by atoms with Gasteiger partial charge in [0.05, 0.1) is 16.8 Å². The average molecular weight is 426 g/mol. The van der Waals surface area contributed by atoms with Gasteiger partial charge in [-0.2, -0.15) is 0 Å². The topological polar surface area (TPSA) is 87.3 Å².